The van der Waals surface area contributed by atoms with Crippen molar-refractivity contribution >= 4 is 45.5 Å². The van der Waals surface area contributed by atoms with E-state index in [0.717, 1.165) is 39.8 Å². The Kier molecular flexibility index (Phi) is 7.39. The number of ether oxygens (including phenoxy) is 2. The summed E-state index contributed by atoms with van der Waals surface area (Å²) in [5.74, 6) is 1.50. The molecule has 1 aliphatic heterocycles. The first-order valence-electron chi connectivity index (χ1n) is 13.4. The smallest absolute Gasteiger partial charge is 0.266 e. The molecule has 5 aromatic rings. The number of fused-ring (bicyclic) bond motifs is 1. The average Bonchev–Trinajstić information content (AvgIpc) is 3.67. The summed E-state index contributed by atoms with van der Waals surface area (Å²) < 4.78 is 12.8. The minimum Gasteiger partial charge on any atom is -0.497 e. The van der Waals surface area contributed by atoms with Crippen molar-refractivity contribution in [3.05, 3.63) is 113 Å². The number of rotatable bonds is 8. The molecule has 1 aliphatic rings. The molecular formula is C33H30N4O3S. The summed E-state index contributed by atoms with van der Waals surface area (Å²) in [7, 11) is 3.30. The predicted molar refractivity (Wildman–Crippen MR) is 166 cm³/mol. The van der Waals surface area contributed by atoms with Crippen LogP contribution < -0.4 is 9.47 Å². The Bertz CT molecular complexity index is 1760. The van der Waals surface area contributed by atoms with Gasteiger partial charge in [-0.25, -0.2) is 4.99 Å². The number of aromatic nitrogens is 2. The maximum Gasteiger partial charge on any atom is 0.266 e. The van der Waals surface area contributed by atoms with Gasteiger partial charge in [-0.15, -0.1) is 0 Å². The van der Waals surface area contributed by atoms with Crippen LogP contribution in [0.2, 0.25) is 0 Å². The summed E-state index contributed by atoms with van der Waals surface area (Å²) in [6.45, 7) is 2.57. The van der Waals surface area contributed by atoms with Crippen molar-refractivity contribution in [3.8, 4) is 17.2 Å². The third-order valence-corrected chi connectivity index (χ3v) is 8.19. The lowest BCUT2D eigenvalue weighted by atomic mass is 10.1. The Labute approximate surface area is 243 Å². The summed E-state index contributed by atoms with van der Waals surface area (Å²) in [6, 6.07) is 27.8. The molecular weight excluding hydrogens is 532 g/mol. The number of hydrogen-bond acceptors (Lipinski definition) is 5. The number of hydrogen-bond donors (Lipinski definition) is 1. The summed E-state index contributed by atoms with van der Waals surface area (Å²) in [4.78, 5) is 24.5. The number of amides is 1. The molecule has 0 atom stereocenters. The zero-order chi connectivity index (χ0) is 28.3. The van der Waals surface area contributed by atoms with Crippen molar-refractivity contribution in [1.82, 2.24) is 14.5 Å². The predicted octanol–water partition coefficient (Wildman–Crippen LogP) is 7.13. The van der Waals surface area contributed by atoms with Crippen LogP contribution in [0.25, 0.3) is 22.7 Å². The van der Waals surface area contributed by atoms with Gasteiger partial charge in [-0.2, -0.15) is 0 Å². The molecule has 0 bridgehead atoms. The molecule has 8 heteroatoms. The number of aromatic amines is 1. The fourth-order valence-corrected chi connectivity index (χ4v) is 6.03. The molecule has 1 fully saturated rings. The minimum atomic E-state index is -0.0535. The van der Waals surface area contributed by atoms with Gasteiger partial charge in [0, 0.05) is 40.7 Å². The Morgan fingerprint density at radius 1 is 0.902 bits per heavy atom. The largest absolute Gasteiger partial charge is 0.497 e. The molecule has 0 unspecified atom stereocenters. The van der Waals surface area contributed by atoms with E-state index in [9.17, 15) is 4.79 Å². The Balaban J connectivity index is 1.34. The van der Waals surface area contributed by atoms with E-state index in [1.54, 1.807) is 19.1 Å². The van der Waals surface area contributed by atoms with E-state index >= 15 is 0 Å². The zero-order valence-electron chi connectivity index (χ0n) is 23.1. The van der Waals surface area contributed by atoms with Crippen LogP contribution in [-0.2, 0) is 11.2 Å². The second kappa shape index (κ2) is 11.4. The third kappa shape index (κ3) is 5.38. The van der Waals surface area contributed by atoms with Crippen LogP contribution in [0, 0.1) is 6.92 Å². The first-order valence-corrected chi connectivity index (χ1v) is 14.2. The first kappa shape index (κ1) is 26.5. The number of H-pyrrole nitrogens is 1. The molecule has 1 N–H and O–H groups in total. The summed E-state index contributed by atoms with van der Waals surface area (Å²) in [6.07, 6.45) is 4.69. The number of carbonyl (C=O) groups is 1. The number of aryl methyl sites for hydroxylation is 1. The Morgan fingerprint density at radius 2 is 1.61 bits per heavy atom. The lowest BCUT2D eigenvalue weighted by Gasteiger charge is -2.15. The molecule has 1 saturated heterocycles. The quantitative estimate of drug-likeness (QED) is 0.204. The summed E-state index contributed by atoms with van der Waals surface area (Å²) in [5, 5.41) is 1.83. The molecule has 3 heterocycles. The van der Waals surface area contributed by atoms with Gasteiger partial charge in [0.25, 0.3) is 5.91 Å². The van der Waals surface area contributed by atoms with Crippen LogP contribution in [0.15, 0.2) is 101 Å². The van der Waals surface area contributed by atoms with Gasteiger partial charge in [0.15, 0.2) is 5.17 Å². The van der Waals surface area contributed by atoms with E-state index in [1.807, 2.05) is 79.0 Å². The topological polar surface area (TPSA) is 71.8 Å². The van der Waals surface area contributed by atoms with Gasteiger partial charge in [-0.05, 0) is 103 Å². The lowest BCUT2D eigenvalue weighted by molar-refractivity contribution is -0.122. The van der Waals surface area contributed by atoms with Crippen LogP contribution >= 0.6 is 11.8 Å². The SMILES string of the molecule is COc1ccc(N=C2S/C(=C\c3ccc(C)n3-c3ccc(OC)cc3)C(=O)N2CCc2c[nH]c3ccccc23)cc1. The highest BCUT2D eigenvalue weighted by Gasteiger charge is 2.33. The summed E-state index contributed by atoms with van der Waals surface area (Å²) >= 11 is 1.40. The molecule has 7 nitrogen and oxygen atoms in total. The van der Waals surface area contributed by atoms with E-state index in [4.69, 9.17) is 14.5 Å². The van der Waals surface area contributed by atoms with Crippen molar-refractivity contribution in [1.29, 1.82) is 0 Å². The Morgan fingerprint density at radius 3 is 2.34 bits per heavy atom. The van der Waals surface area contributed by atoms with Crippen LogP contribution in [-0.4, -0.2) is 46.3 Å². The highest BCUT2D eigenvalue weighted by Crippen LogP contribution is 2.35. The fourth-order valence-electron chi connectivity index (χ4n) is 5.02. The van der Waals surface area contributed by atoms with Gasteiger partial charge in [0.2, 0.25) is 0 Å². The second-order valence-corrected chi connectivity index (χ2v) is 10.7. The number of carbonyl (C=O) groups excluding carboxylic acids is 1. The van der Waals surface area contributed by atoms with Gasteiger partial charge in [0.05, 0.1) is 24.8 Å². The highest BCUT2D eigenvalue weighted by molar-refractivity contribution is 8.18. The molecule has 0 radical (unpaired) electrons. The van der Waals surface area contributed by atoms with E-state index in [0.29, 0.717) is 23.0 Å². The van der Waals surface area contributed by atoms with Crippen LogP contribution in [0.5, 0.6) is 11.5 Å². The van der Waals surface area contributed by atoms with E-state index in [-0.39, 0.29) is 5.91 Å². The van der Waals surface area contributed by atoms with Crippen LogP contribution in [0.3, 0.4) is 0 Å². The summed E-state index contributed by atoms with van der Waals surface area (Å²) in [5.41, 5.74) is 6.01. The monoisotopic (exact) mass is 562 g/mol. The van der Waals surface area contributed by atoms with Crippen molar-refractivity contribution in [2.75, 3.05) is 20.8 Å². The normalized spacial score (nSPS) is 15.4. The number of benzene rings is 3. The minimum absolute atomic E-state index is 0.0535. The van der Waals surface area contributed by atoms with Gasteiger partial charge in [-0.3, -0.25) is 9.69 Å². The van der Waals surface area contributed by atoms with E-state index in [1.165, 1.54) is 22.7 Å². The number of amidine groups is 1. The van der Waals surface area contributed by atoms with E-state index in [2.05, 4.69) is 34.7 Å². The van der Waals surface area contributed by atoms with Crippen LogP contribution in [0.1, 0.15) is 17.0 Å². The van der Waals surface area contributed by atoms with Gasteiger partial charge >= 0.3 is 0 Å². The zero-order valence-corrected chi connectivity index (χ0v) is 23.9. The van der Waals surface area contributed by atoms with Crippen molar-refractivity contribution in [2.45, 2.75) is 13.3 Å². The number of nitrogens with zero attached hydrogens (tertiary/aromatic N) is 3. The van der Waals surface area contributed by atoms with Crippen molar-refractivity contribution < 1.29 is 14.3 Å². The molecule has 6 rings (SSSR count). The first-order chi connectivity index (χ1) is 20.0. The highest BCUT2D eigenvalue weighted by atomic mass is 32.2. The Hall–Kier alpha value is -4.69. The number of nitrogens with one attached hydrogen (secondary N) is 1. The number of aliphatic imine (C=N–C) groups is 1. The molecule has 2 aromatic heterocycles. The molecule has 3 aromatic carbocycles. The molecule has 0 saturated carbocycles. The second-order valence-electron chi connectivity index (χ2n) is 9.70. The van der Waals surface area contributed by atoms with Crippen molar-refractivity contribution in [2.24, 2.45) is 4.99 Å². The molecule has 41 heavy (non-hydrogen) atoms. The lowest BCUT2D eigenvalue weighted by Crippen LogP contribution is -2.31. The van der Waals surface area contributed by atoms with Gasteiger partial charge in [0.1, 0.15) is 11.5 Å². The average molecular weight is 563 g/mol. The van der Waals surface area contributed by atoms with Crippen LogP contribution in [0.4, 0.5) is 5.69 Å². The van der Waals surface area contributed by atoms with Gasteiger partial charge in [-0.1, -0.05) is 18.2 Å². The molecule has 206 valence electrons. The fraction of sp³-hybridized carbons (Fsp3) is 0.152. The molecule has 1 amide bonds. The molecule has 0 aliphatic carbocycles. The number of thioether (sulfide) groups is 1. The third-order valence-electron chi connectivity index (χ3n) is 7.18. The molecule has 0 spiro atoms. The standard InChI is InChI=1S/C33H30N4O3S/c1-22-8-11-26(37(22)25-12-16-28(40-3)17-13-25)20-31-32(38)36(19-18-23-21-34-30-7-5-4-6-29(23)30)33(41-31)35-24-9-14-27(39-2)15-10-24/h4-17,20-21,34H,18-19H2,1-3H3/b31-20-,35-33?. The maximum atomic E-state index is 13.9. The number of para-hydroxylation sites is 1. The number of methoxy groups -OCH3 is 2. The van der Waals surface area contributed by atoms with Crippen molar-refractivity contribution in [3.63, 3.8) is 0 Å². The van der Waals surface area contributed by atoms with Gasteiger partial charge < -0.3 is 19.0 Å². The van der Waals surface area contributed by atoms with E-state index < -0.39 is 0 Å². The maximum absolute atomic E-state index is 13.9.